The molecule has 158 valence electrons. The summed E-state index contributed by atoms with van der Waals surface area (Å²) < 4.78 is 1.78. The van der Waals surface area contributed by atoms with E-state index in [1.165, 1.54) is 0 Å². The summed E-state index contributed by atoms with van der Waals surface area (Å²) in [4.78, 5) is 26.2. The number of hydrogen-bond donors (Lipinski definition) is 2. The highest BCUT2D eigenvalue weighted by atomic mass is 16.2. The Balaban J connectivity index is 1.22. The number of fused-ring (bicyclic) bond motifs is 3. The molecule has 9 nitrogen and oxygen atoms in total. The Morgan fingerprint density at radius 2 is 2.03 bits per heavy atom. The molecular weight excluding hydrogens is 392 g/mol. The second-order valence-electron chi connectivity index (χ2n) is 8.83. The lowest BCUT2D eigenvalue weighted by Gasteiger charge is -2.18. The van der Waals surface area contributed by atoms with Crippen molar-refractivity contribution < 1.29 is 4.79 Å². The summed E-state index contributed by atoms with van der Waals surface area (Å²) in [6.07, 6.45) is 5.98. The second kappa shape index (κ2) is 6.76. The molecule has 31 heavy (non-hydrogen) atoms. The monoisotopic (exact) mass is 416 g/mol. The maximum atomic E-state index is 11.6. The number of rotatable bonds is 3. The third-order valence-electron chi connectivity index (χ3n) is 6.88. The fourth-order valence-corrected chi connectivity index (χ4v) is 5.27. The lowest BCUT2D eigenvalue weighted by atomic mass is 10.0. The summed E-state index contributed by atoms with van der Waals surface area (Å²) in [6, 6.07) is 6.48. The smallest absolute Gasteiger partial charge is 0.224 e. The van der Waals surface area contributed by atoms with Crippen molar-refractivity contribution in [3.8, 4) is 11.1 Å². The number of aromatic amines is 1. The molecule has 2 aliphatic rings. The summed E-state index contributed by atoms with van der Waals surface area (Å²) in [5.41, 5.74) is 4.82. The van der Waals surface area contributed by atoms with Gasteiger partial charge in [-0.2, -0.15) is 4.98 Å². The Morgan fingerprint density at radius 3 is 2.81 bits per heavy atom. The summed E-state index contributed by atoms with van der Waals surface area (Å²) in [7, 11) is 1.89. The molecule has 1 aliphatic carbocycles. The predicted octanol–water partition coefficient (Wildman–Crippen LogP) is 2.58. The molecule has 0 spiro atoms. The van der Waals surface area contributed by atoms with Gasteiger partial charge in [0.2, 0.25) is 11.9 Å². The standard InChI is InChI=1S/C22H24N8O/c1-12(31)30-10-14-5-16(6-15(14)11-30)25-22-24-9-18-17(8-23-21(18)26-22)13-3-4-19-20(7-13)29(2)28-27-19/h3-4,7-9,14-16H,5-6,10-11H2,1-2H3,(H2,23,24,25,26)/t14-,15+,16?. The quantitative estimate of drug-likeness (QED) is 0.532. The number of benzene rings is 1. The maximum absolute atomic E-state index is 11.6. The average Bonchev–Trinajstić information content (AvgIpc) is 3.50. The molecule has 1 saturated heterocycles. The van der Waals surface area contributed by atoms with E-state index in [2.05, 4.69) is 31.7 Å². The van der Waals surface area contributed by atoms with Crippen LogP contribution in [-0.4, -0.2) is 59.9 Å². The molecule has 0 bridgehead atoms. The van der Waals surface area contributed by atoms with Crippen LogP contribution in [0.15, 0.2) is 30.6 Å². The van der Waals surface area contributed by atoms with Crippen LogP contribution in [0.2, 0.25) is 0 Å². The second-order valence-corrected chi connectivity index (χ2v) is 8.83. The number of carbonyl (C=O) groups excluding carboxylic acids is 1. The van der Waals surface area contributed by atoms with Crippen molar-refractivity contribution in [3.63, 3.8) is 0 Å². The lowest BCUT2D eigenvalue weighted by Crippen LogP contribution is -2.29. The molecule has 1 unspecified atom stereocenters. The average molecular weight is 416 g/mol. The molecule has 3 atom stereocenters. The molecule has 1 aromatic carbocycles. The van der Waals surface area contributed by atoms with Crippen LogP contribution < -0.4 is 5.32 Å². The van der Waals surface area contributed by atoms with Crippen molar-refractivity contribution in [2.75, 3.05) is 18.4 Å². The number of carbonyl (C=O) groups is 1. The first-order chi connectivity index (χ1) is 15.0. The largest absolute Gasteiger partial charge is 0.351 e. The van der Waals surface area contributed by atoms with Crippen LogP contribution in [0.5, 0.6) is 0 Å². The van der Waals surface area contributed by atoms with E-state index >= 15 is 0 Å². The molecule has 9 heteroatoms. The molecule has 2 N–H and O–H groups in total. The topological polar surface area (TPSA) is 105 Å². The summed E-state index contributed by atoms with van der Waals surface area (Å²) in [5.74, 6) is 2.01. The molecule has 4 heterocycles. The van der Waals surface area contributed by atoms with Gasteiger partial charge in [-0.25, -0.2) is 9.67 Å². The normalized spacial score (nSPS) is 23.0. The van der Waals surface area contributed by atoms with Crippen molar-refractivity contribution in [1.82, 2.24) is 34.8 Å². The Morgan fingerprint density at radius 1 is 1.23 bits per heavy atom. The molecule has 1 saturated carbocycles. The van der Waals surface area contributed by atoms with E-state index in [0.717, 1.165) is 59.1 Å². The highest BCUT2D eigenvalue weighted by Gasteiger charge is 2.41. The van der Waals surface area contributed by atoms with Gasteiger partial charge in [0.25, 0.3) is 0 Å². The fraction of sp³-hybridized carbons (Fsp3) is 0.409. The van der Waals surface area contributed by atoms with Crippen molar-refractivity contribution in [3.05, 3.63) is 30.6 Å². The first-order valence-electron chi connectivity index (χ1n) is 10.7. The molecule has 1 amide bonds. The van der Waals surface area contributed by atoms with Crippen molar-refractivity contribution in [2.24, 2.45) is 18.9 Å². The van der Waals surface area contributed by atoms with E-state index in [1.807, 2.05) is 36.5 Å². The van der Waals surface area contributed by atoms with E-state index in [9.17, 15) is 4.79 Å². The van der Waals surface area contributed by atoms with E-state index in [-0.39, 0.29) is 5.91 Å². The SMILES string of the molecule is CC(=O)N1C[C@H]2CC(Nc3ncc4c(-c5ccc6nnn(C)c6c5)c[nH]c4n3)C[C@H]2C1. The number of H-pyrrole nitrogens is 1. The summed E-state index contributed by atoms with van der Waals surface area (Å²) >= 11 is 0. The number of aryl methyl sites for hydroxylation is 1. The maximum Gasteiger partial charge on any atom is 0.224 e. The number of nitrogens with one attached hydrogen (secondary N) is 2. The van der Waals surface area contributed by atoms with Crippen molar-refractivity contribution >= 4 is 33.9 Å². The summed E-state index contributed by atoms with van der Waals surface area (Å²) in [5, 5.41) is 12.7. The van der Waals surface area contributed by atoms with Gasteiger partial charge in [-0.05, 0) is 42.4 Å². The number of hydrogen-bond acceptors (Lipinski definition) is 6. The Hall–Kier alpha value is -3.49. The minimum absolute atomic E-state index is 0.189. The van der Waals surface area contributed by atoms with Gasteiger partial charge in [0.1, 0.15) is 11.2 Å². The third kappa shape index (κ3) is 3.03. The first kappa shape index (κ1) is 18.3. The van der Waals surface area contributed by atoms with Crippen LogP contribution in [0.3, 0.4) is 0 Å². The first-order valence-corrected chi connectivity index (χ1v) is 10.7. The minimum atomic E-state index is 0.189. The number of amides is 1. The van der Waals surface area contributed by atoms with Gasteiger partial charge in [0, 0.05) is 56.4 Å². The van der Waals surface area contributed by atoms with Crippen LogP contribution in [0, 0.1) is 11.8 Å². The number of likely N-dealkylation sites (tertiary alicyclic amines) is 1. The fourth-order valence-electron chi connectivity index (χ4n) is 5.27. The Labute approximate surface area is 178 Å². The van der Waals surface area contributed by atoms with Gasteiger partial charge in [0.15, 0.2) is 0 Å². The highest BCUT2D eigenvalue weighted by molar-refractivity contribution is 5.95. The minimum Gasteiger partial charge on any atom is -0.351 e. The molecule has 1 aliphatic heterocycles. The van der Waals surface area contributed by atoms with Crippen molar-refractivity contribution in [2.45, 2.75) is 25.8 Å². The van der Waals surface area contributed by atoms with Crippen LogP contribution in [0.25, 0.3) is 33.2 Å². The van der Waals surface area contributed by atoms with Gasteiger partial charge in [-0.3, -0.25) is 4.79 Å². The van der Waals surface area contributed by atoms with Gasteiger partial charge in [0.05, 0.1) is 5.52 Å². The van der Waals surface area contributed by atoms with Gasteiger partial charge in [-0.15, -0.1) is 5.10 Å². The molecule has 3 aromatic heterocycles. The van der Waals surface area contributed by atoms with Crippen LogP contribution in [0.4, 0.5) is 5.95 Å². The zero-order valence-corrected chi connectivity index (χ0v) is 17.5. The van der Waals surface area contributed by atoms with Crippen LogP contribution in [0.1, 0.15) is 19.8 Å². The van der Waals surface area contributed by atoms with Crippen LogP contribution in [-0.2, 0) is 11.8 Å². The summed E-state index contributed by atoms with van der Waals surface area (Å²) in [6.45, 7) is 3.43. The van der Waals surface area contributed by atoms with Crippen molar-refractivity contribution in [1.29, 1.82) is 0 Å². The Kier molecular flexibility index (Phi) is 3.99. The van der Waals surface area contributed by atoms with E-state index in [0.29, 0.717) is 23.8 Å². The van der Waals surface area contributed by atoms with Gasteiger partial charge in [-0.1, -0.05) is 11.3 Å². The number of aromatic nitrogens is 6. The van der Waals surface area contributed by atoms with Gasteiger partial charge >= 0.3 is 0 Å². The number of nitrogens with zero attached hydrogens (tertiary/aromatic N) is 6. The molecule has 4 aromatic rings. The zero-order chi connectivity index (χ0) is 21.1. The van der Waals surface area contributed by atoms with E-state index in [1.54, 1.807) is 11.6 Å². The molecular formula is C22H24N8O. The highest BCUT2D eigenvalue weighted by Crippen LogP contribution is 2.39. The third-order valence-corrected chi connectivity index (χ3v) is 6.88. The predicted molar refractivity (Wildman–Crippen MR) is 117 cm³/mol. The zero-order valence-electron chi connectivity index (χ0n) is 17.5. The van der Waals surface area contributed by atoms with E-state index < -0.39 is 0 Å². The molecule has 2 fully saturated rings. The van der Waals surface area contributed by atoms with Crippen LogP contribution >= 0.6 is 0 Å². The Bertz CT molecular complexity index is 1290. The lowest BCUT2D eigenvalue weighted by molar-refractivity contribution is -0.128. The number of anilines is 1. The van der Waals surface area contributed by atoms with E-state index in [4.69, 9.17) is 4.98 Å². The molecule has 6 rings (SSSR count). The molecule has 0 radical (unpaired) electrons. The van der Waals surface area contributed by atoms with Gasteiger partial charge < -0.3 is 15.2 Å².